The summed E-state index contributed by atoms with van der Waals surface area (Å²) in [5, 5.41) is 0. The van der Waals surface area contributed by atoms with E-state index in [4.69, 9.17) is 4.74 Å². The third-order valence-corrected chi connectivity index (χ3v) is 5.31. The fourth-order valence-corrected chi connectivity index (χ4v) is 3.57. The summed E-state index contributed by atoms with van der Waals surface area (Å²) in [5.74, 6) is 0.923. The van der Waals surface area contributed by atoms with Crippen molar-refractivity contribution in [3.05, 3.63) is 63.1 Å². The highest BCUT2D eigenvalue weighted by Gasteiger charge is 2.15. The van der Waals surface area contributed by atoms with Gasteiger partial charge in [0.2, 0.25) is 0 Å². The van der Waals surface area contributed by atoms with Crippen molar-refractivity contribution >= 4 is 31.9 Å². The lowest BCUT2D eigenvalue weighted by atomic mass is 10.0. The molecule has 0 aromatic heterocycles. The highest BCUT2D eigenvalue weighted by molar-refractivity contribution is 9.11. The number of hydrogen-bond acceptors (Lipinski definition) is 1. The predicted molar refractivity (Wildman–Crippen MR) is 87.4 cm³/mol. The van der Waals surface area contributed by atoms with Crippen LogP contribution in [0.15, 0.2) is 40.9 Å². The molecule has 19 heavy (non-hydrogen) atoms. The van der Waals surface area contributed by atoms with Crippen LogP contribution in [0.2, 0.25) is 0 Å². The van der Waals surface area contributed by atoms with E-state index in [2.05, 4.69) is 76.0 Å². The quantitative estimate of drug-likeness (QED) is 0.630. The highest BCUT2D eigenvalue weighted by atomic mass is 79.9. The minimum Gasteiger partial charge on any atom is -0.496 e. The van der Waals surface area contributed by atoms with E-state index in [9.17, 15) is 0 Å². The topological polar surface area (TPSA) is 9.23 Å². The zero-order valence-electron chi connectivity index (χ0n) is 11.2. The van der Waals surface area contributed by atoms with Crippen LogP contribution < -0.4 is 4.74 Å². The summed E-state index contributed by atoms with van der Waals surface area (Å²) in [5.41, 5.74) is 4.86. The summed E-state index contributed by atoms with van der Waals surface area (Å²) in [6.45, 7) is 4.17. The van der Waals surface area contributed by atoms with Crippen molar-refractivity contribution in [1.29, 1.82) is 0 Å². The molecule has 0 N–H and O–H groups in total. The molecule has 100 valence electrons. The molecule has 0 fully saturated rings. The van der Waals surface area contributed by atoms with E-state index in [1.807, 2.05) is 6.07 Å². The molecular formula is C16H16Br2O. The monoisotopic (exact) mass is 382 g/mol. The predicted octanol–water partition coefficient (Wildman–Crippen LogP) is 5.56. The van der Waals surface area contributed by atoms with Crippen LogP contribution in [0.3, 0.4) is 0 Å². The Hall–Kier alpha value is -0.800. The second kappa shape index (κ2) is 6.10. The van der Waals surface area contributed by atoms with Crippen LogP contribution in [0.5, 0.6) is 5.75 Å². The Morgan fingerprint density at radius 3 is 2.42 bits per heavy atom. The fourth-order valence-electron chi connectivity index (χ4n) is 2.10. The first-order valence-electron chi connectivity index (χ1n) is 6.08. The van der Waals surface area contributed by atoms with Crippen LogP contribution in [0.25, 0.3) is 0 Å². The SMILES string of the molecule is COc1ccc(C(Br)c2cccc(C)c2Br)cc1C. The molecule has 0 saturated heterocycles. The first-order valence-corrected chi connectivity index (χ1v) is 7.79. The molecule has 0 spiro atoms. The summed E-state index contributed by atoms with van der Waals surface area (Å²) in [6, 6.07) is 12.6. The third kappa shape index (κ3) is 3.03. The molecular weight excluding hydrogens is 368 g/mol. The molecule has 2 rings (SSSR count). The van der Waals surface area contributed by atoms with Crippen molar-refractivity contribution in [2.45, 2.75) is 18.7 Å². The van der Waals surface area contributed by atoms with Gasteiger partial charge in [0, 0.05) is 4.47 Å². The smallest absolute Gasteiger partial charge is 0.121 e. The maximum Gasteiger partial charge on any atom is 0.121 e. The average Bonchev–Trinajstić information content (AvgIpc) is 2.41. The van der Waals surface area contributed by atoms with Gasteiger partial charge in [-0.05, 0) is 42.2 Å². The second-order valence-electron chi connectivity index (χ2n) is 4.57. The van der Waals surface area contributed by atoms with Gasteiger partial charge >= 0.3 is 0 Å². The van der Waals surface area contributed by atoms with E-state index in [0.29, 0.717) is 0 Å². The molecule has 3 heteroatoms. The van der Waals surface area contributed by atoms with Crippen LogP contribution in [0, 0.1) is 13.8 Å². The molecule has 0 amide bonds. The van der Waals surface area contributed by atoms with Gasteiger partial charge in [0.25, 0.3) is 0 Å². The molecule has 1 unspecified atom stereocenters. The first-order chi connectivity index (χ1) is 9.04. The maximum atomic E-state index is 5.30. The van der Waals surface area contributed by atoms with E-state index in [-0.39, 0.29) is 4.83 Å². The largest absolute Gasteiger partial charge is 0.496 e. The molecule has 0 aliphatic heterocycles. The van der Waals surface area contributed by atoms with Crippen LogP contribution in [0.1, 0.15) is 27.1 Å². The summed E-state index contributed by atoms with van der Waals surface area (Å²) in [6.07, 6.45) is 0. The Balaban J connectivity index is 2.41. The number of rotatable bonds is 3. The number of hydrogen-bond donors (Lipinski definition) is 0. The molecule has 0 saturated carbocycles. The number of aryl methyl sites for hydroxylation is 2. The normalized spacial score (nSPS) is 12.3. The minimum atomic E-state index is 0.173. The third-order valence-electron chi connectivity index (χ3n) is 3.21. The first kappa shape index (κ1) is 14.6. The molecule has 0 heterocycles. The van der Waals surface area contributed by atoms with Gasteiger partial charge in [-0.3, -0.25) is 0 Å². The highest BCUT2D eigenvalue weighted by Crippen LogP contribution is 2.37. The average molecular weight is 384 g/mol. The van der Waals surface area contributed by atoms with E-state index in [0.717, 1.165) is 15.8 Å². The Morgan fingerprint density at radius 1 is 1.05 bits per heavy atom. The van der Waals surface area contributed by atoms with Gasteiger partial charge in [-0.25, -0.2) is 0 Å². The lowest BCUT2D eigenvalue weighted by molar-refractivity contribution is 0.411. The Morgan fingerprint density at radius 2 is 1.79 bits per heavy atom. The number of benzene rings is 2. The molecule has 2 aromatic rings. The lowest BCUT2D eigenvalue weighted by Gasteiger charge is -2.15. The molecule has 0 aliphatic carbocycles. The Labute approximate surface area is 131 Å². The van der Waals surface area contributed by atoms with Gasteiger partial charge in [-0.1, -0.05) is 62.2 Å². The van der Waals surface area contributed by atoms with Gasteiger partial charge < -0.3 is 4.74 Å². The zero-order valence-corrected chi connectivity index (χ0v) is 14.4. The van der Waals surface area contributed by atoms with Crippen molar-refractivity contribution < 1.29 is 4.74 Å². The van der Waals surface area contributed by atoms with Gasteiger partial charge in [-0.15, -0.1) is 0 Å². The second-order valence-corrected chi connectivity index (χ2v) is 6.28. The number of methoxy groups -OCH3 is 1. The van der Waals surface area contributed by atoms with Crippen molar-refractivity contribution in [3.8, 4) is 5.75 Å². The van der Waals surface area contributed by atoms with Gasteiger partial charge in [0.1, 0.15) is 5.75 Å². The van der Waals surface area contributed by atoms with Crippen molar-refractivity contribution in [1.82, 2.24) is 0 Å². The summed E-state index contributed by atoms with van der Waals surface area (Å²) >= 11 is 7.46. The van der Waals surface area contributed by atoms with Gasteiger partial charge in [0.15, 0.2) is 0 Å². The van der Waals surface area contributed by atoms with Crippen LogP contribution >= 0.6 is 31.9 Å². The van der Waals surface area contributed by atoms with E-state index >= 15 is 0 Å². The minimum absolute atomic E-state index is 0.173. The zero-order chi connectivity index (χ0) is 14.0. The van der Waals surface area contributed by atoms with Gasteiger partial charge in [-0.2, -0.15) is 0 Å². The Bertz CT molecular complexity index is 593. The molecule has 0 bridgehead atoms. The lowest BCUT2D eigenvalue weighted by Crippen LogP contribution is -1.97. The van der Waals surface area contributed by atoms with Crippen molar-refractivity contribution in [2.75, 3.05) is 7.11 Å². The fraction of sp³-hybridized carbons (Fsp3) is 0.250. The van der Waals surface area contributed by atoms with Crippen molar-refractivity contribution in [3.63, 3.8) is 0 Å². The number of alkyl halides is 1. The van der Waals surface area contributed by atoms with Gasteiger partial charge in [0.05, 0.1) is 11.9 Å². The molecule has 2 aromatic carbocycles. The molecule has 0 radical (unpaired) electrons. The standard InChI is InChI=1S/C16H16Br2O/c1-10-5-4-6-13(15(10)17)16(18)12-7-8-14(19-3)11(2)9-12/h4-9,16H,1-3H3. The summed E-state index contributed by atoms with van der Waals surface area (Å²) in [4.78, 5) is 0.173. The Kier molecular flexibility index (Phi) is 4.69. The van der Waals surface area contributed by atoms with E-state index in [1.165, 1.54) is 16.7 Å². The van der Waals surface area contributed by atoms with E-state index in [1.54, 1.807) is 7.11 Å². The maximum absolute atomic E-state index is 5.30. The number of ether oxygens (including phenoxy) is 1. The summed E-state index contributed by atoms with van der Waals surface area (Å²) < 4.78 is 6.46. The van der Waals surface area contributed by atoms with Crippen molar-refractivity contribution in [2.24, 2.45) is 0 Å². The van der Waals surface area contributed by atoms with Crippen LogP contribution in [-0.2, 0) is 0 Å². The molecule has 1 atom stereocenters. The molecule has 0 aliphatic rings. The van der Waals surface area contributed by atoms with Crippen LogP contribution in [-0.4, -0.2) is 7.11 Å². The number of halogens is 2. The molecule has 1 nitrogen and oxygen atoms in total. The summed E-state index contributed by atoms with van der Waals surface area (Å²) in [7, 11) is 1.70. The van der Waals surface area contributed by atoms with Crippen LogP contribution in [0.4, 0.5) is 0 Å². The van der Waals surface area contributed by atoms with E-state index < -0.39 is 0 Å².